The Morgan fingerprint density at radius 3 is 2.89 bits per heavy atom. The lowest BCUT2D eigenvalue weighted by atomic mass is 9.88. The molecule has 100 valence electrons. The Balaban J connectivity index is 2.02. The van der Waals surface area contributed by atoms with E-state index in [4.69, 9.17) is 0 Å². The van der Waals surface area contributed by atoms with E-state index in [0.717, 1.165) is 24.9 Å². The molecule has 0 aliphatic carbocycles. The zero-order chi connectivity index (χ0) is 13.0. The van der Waals surface area contributed by atoms with Gasteiger partial charge in [0.05, 0.1) is 0 Å². The molecule has 0 spiro atoms. The van der Waals surface area contributed by atoms with Crippen molar-refractivity contribution in [2.24, 2.45) is 0 Å². The summed E-state index contributed by atoms with van der Waals surface area (Å²) in [5.74, 6) is -0.130. The molecule has 0 radical (unpaired) electrons. The number of hydrogen-bond donors (Lipinski definition) is 1. The van der Waals surface area contributed by atoms with Gasteiger partial charge >= 0.3 is 0 Å². The molecule has 0 saturated carbocycles. The first-order valence-corrected chi connectivity index (χ1v) is 6.77. The fourth-order valence-corrected chi connectivity index (χ4v) is 3.10. The lowest BCUT2D eigenvalue weighted by Crippen LogP contribution is -2.48. The summed E-state index contributed by atoms with van der Waals surface area (Å²) in [6.07, 6.45) is 4.54. The zero-order valence-corrected chi connectivity index (χ0v) is 11.4. The van der Waals surface area contributed by atoms with Gasteiger partial charge in [0, 0.05) is 12.1 Å². The largest absolute Gasteiger partial charge is 0.318 e. The topological polar surface area (TPSA) is 15.3 Å². The highest BCUT2D eigenvalue weighted by atomic mass is 19.1. The standard InChI is InChI=1S/C15H23FN2/c1-17-12-15(8-4-10-18(15)2)9-7-13-5-3-6-14(16)11-13/h3,5-6,11,17H,4,7-10,12H2,1-2H3. The van der Waals surface area contributed by atoms with Crippen molar-refractivity contribution in [1.82, 2.24) is 10.2 Å². The van der Waals surface area contributed by atoms with Gasteiger partial charge in [-0.3, -0.25) is 4.90 Å². The Kier molecular flexibility index (Phi) is 4.36. The predicted molar refractivity (Wildman–Crippen MR) is 73.2 cm³/mol. The third-order valence-electron chi connectivity index (χ3n) is 4.22. The van der Waals surface area contributed by atoms with Gasteiger partial charge in [0.2, 0.25) is 0 Å². The molecule has 1 saturated heterocycles. The fraction of sp³-hybridized carbons (Fsp3) is 0.600. The van der Waals surface area contributed by atoms with Crippen molar-refractivity contribution in [3.8, 4) is 0 Å². The molecule has 1 atom stereocenters. The summed E-state index contributed by atoms with van der Waals surface area (Å²) in [5, 5.41) is 3.31. The SMILES string of the molecule is CNCC1(CCc2cccc(F)c2)CCCN1C. The van der Waals surface area contributed by atoms with Crippen LogP contribution in [0.15, 0.2) is 24.3 Å². The summed E-state index contributed by atoms with van der Waals surface area (Å²) in [6, 6.07) is 6.98. The third-order valence-corrected chi connectivity index (χ3v) is 4.22. The molecule has 2 nitrogen and oxygen atoms in total. The van der Waals surface area contributed by atoms with E-state index < -0.39 is 0 Å². The summed E-state index contributed by atoms with van der Waals surface area (Å²) in [4.78, 5) is 2.46. The van der Waals surface area contributed by atoms with Gasteiger partial charge in [-0.1, -0.05) is 12.1 Å². The number of nitrogens with one attached hydrogen (secondary N) is 1. The Morgan fingerprint density at radius 1 is 1.44 bits per heavy atom. The number of aryl methyl sites for hydroxylation is 1. The van der Waals surface area contributed by atoms with Crippen LogP contribution in [0, 0.1) is 5.82 Å². The summed E-state index contributed by atoms with van der Waals surface area (Å²) in [5.41, 5.74) is 1.35. The van der Waals surface area contributed by atoms with Crippen LogP contribution in [0.5, 0.6) is 0 Å². The predicted octanol–water partition coefficient (Wildman–Crippen LogP) is 2.44. The number of benzene rings is 1. The van der Waals surface area contributed by atoms with E-state index >= 15 is 0 Å². The van der Waals surface area contributed by atoms with Gasteiger partial charge in [0.15, 0.2) is 0 Å². The molecule has 1 aromatic rings. The van der Waals surface area contributed by atoms with Gasteiger partial charge in [-0.2, -0.15) is 0 Å². The Hall–Kier alpha value is -0.930. The second kappa shape index (κ2) is 5.81. The second-order valence-corrected chi connectivity index (χ2v) is 5.41. The van der Waals surface area contributed by atoms with E-state index in [9.17, 15) is 4.39 Å². The van der Waals surface area contributed by atoms with Crippen molar-refractivity contribution >= 4 is 0 Å². The minimum absolute atomic E-state index is 0.130. The zero-order valence-electron chi connectivity index (χ0n) is 11.4. The quantitative estimate of drug-likeness (QED) is 0.863. The number of nitrogens with zero attached hydrogens (tertiary/aromatic N) is 1. The molecular formula is C15H23FN2. The Labute approximate surface area is 109 Å². The summed E-state index contributed by atoms with van der Waals surface area (Å²) < 4.78 is 13.2. The molecule has 1 N–H and O–H groups in total. The molecule has 0 amide bonds. The Bertz CT molecular complexity index is 394. The molecule has 0 aromatic heterocycles. The van der Waals surface area contributed by atoms with Crippen LogP contribution in [0.2, 0.25) is 0 Å². The number of halogens is 1. The first kappa shape index (κ1) is 13.5. The van der Waals surface area contributed by atoms with E-state index in [1.54, 1.807) is 12.1 Å². The van der Waals surface area contributed by atoms with Gasteiger partial charge in [0.25, 0.3) is 0 Å². The van der Waals surface area contributed by atoms with Crippen molar-refractivity contribution in [3.63, 3.8) is 0 Å². The van der Waals surface area contributed by atoms with Crippen molar-refractivity contribution in [1.29, 1.82) is 0 Å². The van der Waals surface area contributed by atoms with Gasteiger partial charge in [-0.05, 0) is 64.0 Å². The average Bonchev–Trinajstić information content (AvgIpc) is 2.70. The Morgan fingerprint density at radius 2 is 2.28 bits per heavy atom. The minimum Gasteiger partial charge on any atom is -0.318 e. The molecule has 1 heterocycles. The van der Waals surface area contributed by atoms with Crippen LogP contribution in [0.25, 0.3) is 0 Å². The van der Waals surface area contributed by atoms with Crippen molar-refractivity contribution in [2.45, 2.75) is 31.2 Å². The van der Waals surface area contributed by atoms with Gasteiger partial charge < -0.3 is 5.32 Å². The second-order valence-electron chi connectivity index (χ2n) is 5.41. The van der Waals surface area contributed by atoms with Crippen LogP contribution in [0.4, 0.5) is 4.39 Å². The van der Waals surface area contributed by atoms with Crippen LogP contribution in [-0.2, 0) is 6.42 Å². The highest BCUT2D eigenvalue weighted by Crippen LogP contribution is 2.31. The molecule has 2 rings (SSSR count). The van der Waals surface area contributed by atoms with E-state index in [-0.39, 0.29) is 11.4 Å². The lowest BCUT2D eigenvalue weighted by molar-refractivity contribution is 0.159. The highest BCUT2D eigenvalue weighted by molar-refractivity contribution is 5.17. The molecule has 1 aromatic carbocycles. The van der Waals surface area contributed by atoms with Crippen LogP contribution in [-0.4, -0.2) is 37.6 Å². The normalized spacial score (nSPS) is 24.6. The number of rotatable bonds is 5. The maximum Gasteiger partial charge on any atom is 0.123 e. The maximum atomic E-state index is 13.2. The van der Waals surface area contributed by atoms with E-state index in [2.05, 4.69) is 17.3 Å². The lowest BCUT2D eigenvalue weighted by Gasteiger charge is -2.36. The monoisotopic (exact) mass is 250 g/mol. The smallest absolute Gasteiger partial charge is 0.123 e. The van der Waals surface area contributed by atoms with Crippen LogP contribution >= 0.6 is 0 Å². The molecule has 3 heteroatoms. The maximum absolute atomic E-state index is 13.2. The van der Waals surface area contributed by atoms with Crippen molar-refractivity contribution < 1.29 is 4.39 Å². The van der Waals surface area contributed by atoms with E-state index in [1.807, 2.05) is 13.1 Å². The highest BCUT2D eigenvalue weighted by Gasteiger charge is 2.37. The molecule has 0 bridgehead atoms. The van der Waals surface area contributed by atoms with Crippen LogP contribution in [0.1, 0.15) is 24.8 Å². The summed E-state index contributed by atoms with van der Waals surface area (Å²) >= 11 is 0. The molecule has 1 aliphatic rings. The van der Waals surface area contributed by atoms with Gasteiger partial charge in [-0.15, -0.1) is 0 Å². The van der Waals surface area contributed by atoms with Crippen LogP contribution in [0.3, 0.4) is 0 Å². The number of hydrogen-bond acceptors (Lipinski definition) is 2. The molecule has 18 heavy (non-hydrogen) atoms. The molecule has 1 aliphatic heterocycles. The third kappa shape index (κ3) is 2.90. The van der Waals surface area contributed by atoms with E-state index in [1.165, 1.54) is 25.5 Å². The van der Waals surface area contributed by atoms with E-state index in [0.29, 0.717) is 0 Å². The van der Waals surface area contributed by atoms with Crippen molar-refractivity contribution in [2.75, 3.05) is 27.2 Å². The number of likely N-dealkylation sites (N-methyl/N-ethyl adjacent to an activating group) is 2. The summed E-state index contributed by atoms with van der Waals surface area (Å²) in [6.45, 7) is 2.18. The molecular weight excluding hydrogens is 227 g/mol. The average molecular weight is 250 g/mol. The fourth-order valence-electron chi connectivity index (χ4n) is 3.10. The van der Waals surface area contributed by atoms with Gasteiger partial charge in [0.1, 0.15) is 5.82 Å². The first-order valence-electron chi connectivity index (χ1n) is 6.77. The molecule has 1 fully saturated rings. The van der Waals surface area contributed by atoms with Gasteiger partial charge in [-0.25, -0.2) is 4.39 Å². The molecule has 1 unspecified atom stereocenters. The van der Waals surface area contributed by atoms with Crippen LogP contribution < -0.4 is 5.32 Å². The first-order chi connectivity index (χ1) is 8.66. The number of likely N-dealkylation sites (tertiary alicyclic amines) is 1. The van der Waals surface area contributed by atoms with Crippen molar-refractivity contribution in [3.05, 3.63) is 35.6 Å². The minimum atomic E-state index is -0.130. The summed E-state index contributed by atoms with van der Waals surface area (Å²) in [7, 11) is 4.21.